The summed E-state index contributed by atoms with van der Waals surface area (Å²) in [6, 6.07) is 4.37. The van der Waals surface area contributed by atoms with Gasteiger partial charge in [-0.1, -0.05) is 15.9 Å². The summed E-state index contributed by atoms with van der Waals surface area (Å²) in [5.41, 5.74) is 0. The molecular formula is C4HCl2LiS. The zero-order valence-electron chi connectivity index (χ0n) is 4.24. The molecule has 0 radical (unpaired) electrons. The van der Waals surface area contributed by atoms with E-state index in [1.165, 1.54) is 11.3 Å². The monoisotopic (exact) mass is 158 g/mol. The third kappa shape index (κ3) is 2.44. The van der Waals surface area contributed by atoms with Crippen LogP contribution in [0.15, 0.2) is 6.07 Å². The molecule has 0 bridgehead atoms. The normalized spacial score (nSPS) is 8.25. The van der Waals surface area contributed by atoms with E-state index in [1.54, 1.807) is 6.07 Å². The molecule has 0 saturated carbocycles. The summed E-state index contributed by atoms with van der Waals surface area (Å²) >= 11 is 12.2. The minimum Gasteiger partial charge on any atom is -0.234 e. The molecule has 0 amide bonds. The molecule has 8 heavy (non-hydrogen) atoms. The minimum absolute atomic E-state index is 0. The van der Waals surface area contributed by atoms with Crippen LogP contribution in [-0.2, 0) is 0 Å². The van der Waals surface area contributed by atoms with Crippen LogP contribution < -0.4 is 18.9 Å². The Morgan fingerprint density at radius 1 is 1.50 bits per heavy atom. The SMILES string of the molecule is Clc1[c-]cc(Cl)s1.[Li+]. The van der Waals surface area contributed by atoms with Crippen molar-refractivity contribution in [3.63, 3.8) is 0 Å². The molecular weight excluding hydrogens is 158 g/mol. The predicted molar refractivity (Wildman–Crippen MR) is 33.2 cm³/mol. The van der Waals surface area contributed by atoms with Gasteiger partial charge in [-0.2, -0.15) is 11.6 Å². The van der Waals surface area contributed by atoms with Crippen LogP contribution in [0.4, 0.5) is 0 Å². The van der Waals surface area contributed by atoms with Crippen molar-refractivity contribution in [2.45, 2.75) is 0 Å². The molecule has 0 saturated heterocycles. The van der Waals surface area contributed by atoms with Crippen molar-refractivity contribution in [2.75, 3.05) is 0 Å². The largest absolute Gasteiger partial charge is 1.00 e. The first-order valence-electron chi connectivity index (χ1n) is 1.61. The molecule has 1 aromatic heterocycles. The number of hydrogen-bond donors (Lipinski definition) is 0. The van der Waals surface area contributed by atoms with Crippen LogP contribution >= 0.6 is 34.5 Å². The molecule has 0 aliphatic heterocycles. The van der Waals surface area contributed by atoms with Crippen LogP contribution in [0.5, 0.6) is 0 Å². The Kier molecular flexibility index (Phi) is 4.24. The van der Waals surface area contributed by atoms with Gasteiger partial charge in [0.15, 0.2) is 0 Å². The van der Waals surface area contributed by atoms with Crippen LogP contribution in [0, 0.1) is 6.07 Å². The van der Waals surface area contributed by atoms with Gasteiger partial charge >= 0.3 is 18.9 Å². The maximum absolute atomic E-state index is 5.46. The van der Waals surface area contributed by atoms with E-state index in [0.717, 1.165) is 0 Å². The summed E-state index contributed by atoms with van der Waals surface area (Å²) in [5.74, 6) is 0. The predicted octanol–water partition coefficient (Wildman–Crippen LogP) is -0.141. The topological polar surface area (TPSA) is 0 Å². The fourth-order valence-electron chi connectivity index (χ4n) is 0.258. The van der Waals surface area contributed by atoms with Gasteiger partial charge in [-0.25, -0.2) is 23.5 Å². The van der Waals surface area contributed by atoms with Gasteiger partial charge in [0.05, 0.1) is 0 Å². The van der Waals surface area contributed by atoms with Crippen molar-refractivity contribution in [3.05, 3.63) is 20.8 Å². The Labute approximate surface area is 74.0 Å². The molecule has 1 heterocycles. The van der Waals surface area contributed by atoms with Crippen LogP contribution in [-0.4, -0.2) is 0 Å². The first kappa shape index (κ1) is 8.88. The van der Waals surface area contributed by atoms with Crippen molar-refractivity contribution in [2.24, 2.45) is 0 Å². The standard InChI is InChI=1S/C4HCl2S.Li/c5-3-1-2-4(6)7-3;/h1H;/q-1;+1. The van der Waals surface area contributed by atoms with Crippen molar-refractivity contribution in [1.29, 1.82) is 0 Å². The van der Waals surface area contributed by atoms with Gasteiger partial charge in [0.2, 0.25) is 0 Å². The Balaban J connectivity index is 0.000000490. The molecule has 0 nitrogen and oxygen atoms in total. The fourth-order valence-corrected chi connectivity index (χ4v) is 1.37. The van der Waals surface area contributed by atoms with Gasteiger partial charge in [0, 0.05) is 0 Å². The minimum atomic E-state index is 0. The molecule has 0 fully saturated rings. The van der Waals surface area contributed by atoms with Gasteiger partial charge in [0.1, 0.15) is 0 Å². The Hall–Kier alpha value is 0.877. The van der Waals surface area contributed by atoms with E-state index in [9.17, 15) is 0 Å². The van der Waals surface area contributed by atoms with Crippen LogP contribution in [0.25, 0.3) is 0 Å². The van der Waals surface area contributed by atoms with E-state index in [0.29, 0.717) is 8.67 Å². The van der Waals surface area contributed by atoms with Gasteiger partial charge < -0.3 is 0 Å². The first-order valence-corrected chi connectivity index (χ1v) is 3.19. The van der Waals surface area contributed by atoms with E-state index in [4.69, 9.17) is 23.2 Å². The molecule has 1 aromatic rings. The second kappa shape index (κ2) is 3.82. The number of halogens is 2. The number of rotatable bonds is 0. The zero-order chi connectivity index (χ0) is 5.28. The molecule has 38 valence electrons. The Morgan fingerprint density at radius 2 is 2.12 bits per heavy atom. The summed E-state index contributed by atoms with van der Waals surface area (Å²) in [5, 5.41) is 0. The molecule has 0 atom stereocenters. The number of thiophene rings is 1. The van der Waals surface area contributed by atoms with E-state index >= 15 is 0 Å². The third-order valence-electron chi connectivity index (χ3n) is 0.486. The van der Waals surface area contributed by atoms with Crippen LogP contribution in [0.3, 0.4) is 0 Å². The van der Waals surface area contributed by atoms with Crippen LogP contribution in [0.1, 0.15) is 0 Å². The van der Waals surface area contributed by atoms with E-state index in [1.807, 2.05) is 0 Å². The zero-order valence-corrected chi connectivity index (χ0v) is 6.57. The van der Waals surface area contributed by atoms with Crippen molar-refractivity contribution < 1.29 is 18.9 Å². The summed E-state index contributed by atoms with van der Waals surface area (Å²) in [6.45, 7) is 0. The molecule has 0 N–H and O–H groups in total. The summed E-state index contributed by atoms with van der Waals surface area (Å²) in [4.78, 5) is 0. The molecule has 1 rings (SSSR count). The smallest absolute Gasteiger partial charge is 0.234 e. The average molecular weight is 159 g/mol. The molecule has 0 aliphatic rings. The van der Waals surface area contributed by atoms with Gasteiger partial charge in [-0.05, 0) is 4.34 Å². The quantitative estimate of drug-likeness (QED) is 0.365. The van der Waals surface area contributed by atoms with Gasteiger partial charge in [-0.15, -0.1) is 0 Å². The molecule has 0 aliphatic carbocycles. The molecule has 0 aromatic carbocycles. The molecule has 0 spiro atoms. The Morgan fingerprint density at radius 3 is 2.25 bits per heavy atom. The van der Waals surface area contributed by atoms with Crippen LogP contribution in [0.2, 0.25) is 8.67 Å². The van der Waals surface area contributed by atoms with Gasteiger partial charge in [0.25, 0.3) is 0 Å². The van der Waals surface area contributed by atoms with Crippen molar-refractivity contribution in [3.8, 4) is 0 Å². The van der Waals surface area contributed by atoms with Gasteiger partial charge in [-0.3, -0.25) is 0 Å². The first-order chi connectivity index (χ1) is 3.29. The molecule has 4 heteroatoms. The fraction of sp³-hybridized carbons (Fsp3) is 0. The van der Waals surface area contributed by atoms with E-state index in [-0.39, 0.29) is 18.9 Å². The molecule has 0 unspecified atom stereocenters. The summed E-state index contributed by atoms with van der Waals surface area (Å²) in [7, 11) is 0. The maximum Gasteiger partial charge on any atom is 1.00 e. The second-order valence-electron chi connectivity index (χ2n) is 0.969. The Bertz CT molecular complexity index is 146. The van der Waals surface area contributed by atoms with Crippen molar-refractivity contribution in [1.82, 2.24) is 0 Å². The van der Waals surface area contributed by atoms with E-state index < -0.39 is 0 Å². The third-order valence-corrected chi connectivity index (χ3v) is 1.78. The van der Waals surface area contributed by atoms with Crippen molar-refractivity contribution >= 4 is 34.5 Å². The second-order valence-corrected chi connectivity index (χ2v) is 3.25. The maximum atomic E-state index is 5.46. The number of hydrogen-bond acceptors (Lipinski definition) is 1. The summed E-state index contributed by atoms with van der Waals surface area (Å²) < 4.78 is 1.30. The average Bonchev–Trinajstić information content (AvgIpc) is 1.87. The summed E-state index contributed by atoms with van der Waals surface area (Å²) in [6.07, 6.45) is 0. The van der Waals surface area contributed by atoms with E-state index in [2.05, 4.69) is 6.07 Å².